The zero-order valence-corrected chi connectivity index (χ0v) is 9.21. The summed E-state index contributed by atoms with van der Waals surface area (Å²) in [6.45, 7) is 5.78. The van der Waals surface area contributed by atoms with Gasteiger partial charge in [0.15, 0.2) is 6.29 Å². The number of aldehydes is 1. The summed E-state index contributed by atoms with van der Waals surface area (Å²) >= 11 is 6.06. The monoisotopic (exact) mass is 211 g/mol. The molecule has 0 bridgehead atoms. The first-order chi connectivity index (χ1) is 6.74. The molecule has 0 amide bonds. The van der Waals surface area contributed by atoms with Crippen LogP contribution in [0.5, 0.6) is 0 Å². The van der Waals surface area contributed by atoms with Gasteiger partial charge < -0.3 is 4.90 Å². The van der Waals surface area contributed by atoms with Crippen molar-refractivity contribution >= 4 is 23.6 Å². The van der Waals surface area contributed by atoms with Gasteiger partial charge in [-0.05, 0) is 26.0 Å². The maximum Gasteiger partial charge on any atom is 0.152 e. The molecule has 1 rings (SSSR count). The third kappa shape index (κ3) is 2.07. The lowest BCUT2D eigenvalue weighted by Crippen LogP contribution is -2.23. The smallest absolute Gasteiger partial charge is 0.152 e. The number of benzene rings is 1. The summed E-state index contributed by atoms with van der Waals surface area (Å²) in [5.74, 6) is 0. The molecule has 0 aliphatic heterocycles. The summed E-state index contributed by atoms with van der Waals surface area (Å²) in [5, 5.41) is 0.637. The van der Waals surface area contributed by atoms with Crippen molar-refractivity contribution in [2.75, 3.05) is 18.0 Å². The lowest BCUT2D eigenvalue weighted by Gasteiger charge is -2.23. The Balaban J connectivity index is 3.21. The van der Waals surface area contributed by atoms with Gasteiger partial charge in [-0.15, -0.1) is 0 Å². The maximum atomic E-state index is 10.8. The Morgan fingerprint density at radius 2 is 2.00 bits per heavy atom. The summed E-state index contributed by atoms with van der Waals surface area (Å²) in [4.78, 5) is 12.9. The van der Waals surface area contributed by atoms with E-state index in [0.717, 1.165) is 25.1 Å². The van der Waals surface area contributed by atoms with E-state index in [9.17, 15) is 4.79 Å². The van der Waals surface area contributed by atoms with Crippen molar-refractivity contribution in [3.05, 3.63) is 28.8 Å². The van der Waals surface area contributed by atoms with E-state index in [0.29, 0.717) is 10.6 Å². The van der Waals surface area contributed by atoms with Crippen LogP contribution < -0.4 is 4.90 Å². The molecule has 0 aliphatic carbocycles. The van der Waals surface area contributed by atoms with E-state index in [1.807, 2.05) is 19.9 Å². The van der Waals surface area contributed by atoms with Gasteiger partial charge >= 0.3 is 0 Å². The standard InChI is InChI=1S/C11H14ClNO/c1-3-13(4-2)11-9(8-14)6-5-7-10(11)12/h5-8H,3-4H2,1-2H3. The highest BCUT2D eigenvalue weighted by molar-refractivity contribution is 6.33. The van der Waals surface area contributed by atoms with Gasteiger partial charge in [0.05, 0.1) is 10.7 Å². The van der Waals surface area contributed by atoms with Crippen LogP contribution in [0.15, 0.2) is 18.2 Å². The second-order valence-electron chi connectivity index (χ2n) is 2.97. The zero-order valence-electron chi connectivity index (χ0n) is 8.46. The molecule has 0 N–H and O–H groups in total. The highest BCUT2D eigenvalue weighted by atomic mass is 35.5. The van der Waals surface area contributed by atoms with Gasteiger partial charge in [0.2, 0.25) is 0 Å². The summed E-state index contributed by atoms with van der Waals surface area (Å²) in [6, 6.07) is 5.38. The van der Waals surface area contributed by atoms with Crippen molar-refractivity contribution in [2.24, 2.45) is 0 Å². The van der Waals surface area contributed by atoms with Crippen molar-refractivity contribution in [1.29, 1.82) is 0 Å². The number of halogens is 1. The number of hydrogen-bond acceptors (Lipinski definition) is 2. The van der Waals surface area contributed by atoms with Gasteiger partial charge in [0, 0.05) is 18.7 Å². The number of rotatable bonds is 4. The molecule has 14 heavy (non-hydrogen) atoms. The predicted octanol–water partition coefficient (Wildman–Crippen LogP) is 3.00. The van der Waals surface area contributed by atoms with E-state index in [4.69, 9.17) is 11.6 Å². The first-order valence-electron chi connectivity index (χ1n) is 4.73. The Kier molecular flexibility index (Phi) is 3.96. The van der Waals surface area contributed by atoms with Crippen LogP contribution in [0.1, 0.15) is 24.2 Å². The van der Waals surface area contributed by atoms with Gasteiger partial charge in [0.25, 0.3) is 0 Å². The molecule has 76 valence electrons. The molecule has 0 atom stereocenters. The third-order valence-electron chi connectivity index (χ3n) is 2.22. The minimum absolute atomic E-state index is 0.637. The van der Waals surface area contributed by atoms with Gasteiger partial charge in [0.1, 0.15) is 0 Å². The molecule has 0 heterocycles. The number of para-hydroxylation sites is 1. The molecule has 1 aromatic carbocycles. The van der Waals surface area contributed by atoms with Crippen LogP contribution in [-0.2, 0) is 0 Å². The molecule has 0 saturated heterocycles. The summed E-state index contributed by atoms with van der Waals surface area (Å²) < 4.78 is 0. The molecule has 0 spiro atoms. The fraction of sp³-hybridized carbons (Fsp3) is 0.364. The molecule has 0 radical (unpaired) electrons. The molecular weight excluding hydrogens is 198 g/mol. The Morgan fingerprint density at radius 1 is 1.36 bits per heavy atom. The number of nitrogens with zero attached hydrogens (tertiary/aromatic N) is 1. The van der Waals surface area contributed by atoms with E-state index in [2.05, 4.69) is 4.90 Å². The van der Waals surface area contributed by atoms with Crippen molar-refractivity contribution in [3.63, 3.8) is 0 Å². The van der Waals surface area contributed by atoms with Crippen molar-refractivity contribution in [3.8, 4) is 0 Å². The SMILES string of the molecule is CCN(CC)c1c(Cl)cccc1C=O. The molecular formula is C11H14ClNO. The number of carbonyl (C=O) groups excluding carboxylic acids is 1. The lowest BCUT2D eigenvalue weighted by molar-refractivity contribution is 0.112. The Labute approximate surface area is 89.5 Å². The van der Waals surface area contributed by atoms with Gasteiger partial charge in [-0.1, -0.05) is 17.7 Å². The molecule has 0 aromatic heterocycles. The fourth-order valence-electron chi connectivity index (χ4n) is 1.50. The summed E-state index contributed by atoms with van der Waals surface area (Å²) in [5.41, 5.74) is 1.50. The van der Waals surface area contributed by atoms with E-state index in [1.54, 1.807) is 12.1 Å². The topological polar surface area (TPSA) is 20.3 Å². The fourth-order valence-corrected chi connectivity index (χ4v) is 1.80. The first kappa shape index (κ1) is 11.1. The van der Waals surface area contributed by atoms with Crippen molar-refractivity contribution < 1.29 is 4.79 Å². The third-order valence-corrected chi connectivity index (χ3v) is 2.53. The number of anilines is 1. The normalized spacial score (nSPS) is 9.93. The maximum absolute atomic E-state index is 10.8. The average Bonchev–Trinajstić information content (AvgIpc) is 2.22. The Morgan fingerprint density at radius 3 is 2.50 bits per heavy atom. The molecule has 2 nitrogen and oxygen atoms in total. The second kappa shape index (κ2) is 5.01. The summed E-state index contributed by atoms with van der Waals surface area (Å²) in [7, 11) is 0. The quantitative estimate of drug-likeness (QED) is 0.714. The molecule has 1 aromatic rings. The Hall–Kier alpha value is -1.02. The zero-order chi connectivity index (χ0) is 10.6. The number of carbonyl (C=O) groups is 1. The van der Waals surface area contributed by atoms with Gasteiger partial charge in [-0.2, -0.15) is 0 Å². The summed E-state index contributed by atoms with van der Waals surface area (Å²) in [6.07, 6.45) is 0.847. The molecule has 0 aliphatic rings. The van der Waals surface area contributed by atoms with Gasteiger partial charge in [-0.3, -0.25) is 4.79 Å². The minimum Gasteiger partial charge on any atom is -0.370 e. The largest absolute Gasteiger partial charge is 0.370 e. The second-order valence-corrected chi connectivity index (χ2v) is 3.38. The van der Waals surface area contributed by atoms with Crippen LogP contribution in [0.3, 0.4) is 0 Å². The van der Waals surface area contributed by atoms with Crippen molar-refractivity contribution in [2.45, 2.75) is 13.8 Å². The van der Waals surface area contributed by atoms with E-state index >= 15 is 0 Å². The number of hydrogen-bond donors (Lipinski definition) is 0. The molecule has 0 saturated carbocycles. The average molecular weight is 212 g/mol. The van der Waals surface area contributed by atoms with E-state index < -0.39 is 0 Å². The van der Waals surface area contributed by atoms with Crippen LogP contribution >= 0.6 is 11.6 Å². The first-order valence-corrected chi connectivity index (χ1v) is 5.11. The molecule has 3 heteroatoms. The van der Waals surface area contributed by atoms with E-state index in [-0.39, 0.29) is 0 Å². The highest BCUT2D eigenvalue weighted by Crippen LogP contribution is 2.28. The van der Waals surface area contributed by atoms with Crippen LogP contribution in [-0.4, -0.2) is 19.4 Å². The lowest BCUT2D eigenvalue weighted by atomic mass is 10.1. The van der Waals surface area contributed by atoms with E-state index in [1.165, 1.54) is 0 Å². The molecule has 0 unspecified atom stereocenters. The molecule has 0 fully saturated rings. The highest BCUT2D eigenvalue weighted by Gasteiger charge is 2.11. The van der Waals surface area contributed by atoms with Crippen molar-refractivity contribution in [1.82, 2.24) is 0 Å². The van der Waals surface area contributed by atoms with Crippen LogP contribution in [0.2, 0.25) is 5.02 Å². The predicted molar refractivity (Wildman–Crippen MR) is 60.4 cm³/mol. The van der Waals surface area contributed by atoms with Crippen LogP contribution in [0.25, 0.3) is 0 Å². The Bertz CT molecular complexity index is 321. The van der Waals surface area contributed by atoms with Gasteiger partial charge in [-0.25, -0.2) is 0 Å². The minimum atomic E-state index is 0.637. The van der Waals surface area contributed by atoms with Crippen LogP contribution in [0.4, 0.5) is 5.69 Å². The van der Waals surface area contributed by atoms with Crippen LogP contribution in [0, 0.1) is 0 Å².